The SMILES string of the molecule is Cc1ccc(C(N)=S)c(N2CCCC(C)(C)CC2)n1. The van der Waals surface area contributed by atoms with Gasteiger partial charge in [-0.1, -0.05) is 26.1 Å². The summed E-state index contributed by atoms with van der Waals surface area (Å²) in [7, 11) is 0. The molecule has 1 saturated heterocycles. The maximum absolute atomic E-state index is 5.83. The lowest BCUT2D eigenvalue weighted by atomic mass is 9.85. The molecule has 2 heterocycles. The molecule has 2 N–H and O–H groups in total. The highest BCUT2D eigenvalue weighted by atomic mass is 32.1. The van der Waals surface area contributed by atoms with Gasteiger partial charge < -0.3 is 10.6 Å². The summed E-state index contributed by atoms with van der Waals surface area (Å²) in [6.45, 7) is 8.76. The Morgan fingerprint density at radius 1 is 1.32 bits per heavy atom. The van der Waals surface area contributed by atoms with Gasteiger partial charge in [-0.15, -0.1) is 0 Å². The molecule has 0 amide bonds. The maximum atomic E-state index is 5.83. The Kier molecular flexibility index (Phi) is 4.09. The van der Waals surface area contributed by atoms with Gasteiger partial charge in [0.1, 0.15) is 10.8 Å². The van der Waals surface area contributed by atoms with Crippen molar-refractivity contribution in [2.45, 2.75) is 40.0 Å². The number of anilines is 1. The molecule has 0 atom stereocenters. The molecule has 3 nitrogen and oxygen atoms in total. The van der Waals surface area contributed by atoms with Crippen LogP contribution in [0.5, 0.6) is 0 Å². The van der Waals surface area contributed by atoms with Gasteiger partial charge in [-0.05, 0) is 43.7 Å². The van der Waals surface area contributed by atoms with E-state index in [-0.39, 0.29) is 0 Å². The second-order valence-electron chi connectivity index (χ2n) is 6.19. The molecular formula is C15H23N3S. The minimum Gasteiger partial charge on any atom is -0.389 e. The summed E-state index contributed by atoms with van der Waals surface area (Å²) in [6, 6.07) is 3.97. The second-order valence-corrected chi connectivity index (χ2v) is 6.63. The van der Waals surface area contributed by atoms with Crippen molar-refractivity contribution in [2.75, 3.05) is 18.0 Å². The first-order valence-corrected chi connectivity index (χ1v) is 7.32. The van der Waals surface area contributed by atoms with E-state index in [9.17, 15) is 0 Å². The van der Waals surface area contributed by atoms with Crippen molar-refractivity contribution in [3.8, 4) is 0 Å². The fourth-order valence-electron chi connectivity index (χ4n) is 2.61. The molecule has 1 aromatic rings. The number of nitrogens with two attached hydrogens (primary N) is 1. The smallest absolute Gasteiger partial charge is 0.139 e. The topological polar surface area (TPSA) is 42.1 Å². The molecule has 0 aliphatic carbocycles. The van der Waals surface area contributed by atoms with E-state index in [2.05, 4.69) is 23.7 Å². The lowest BCUT2D eigenvalue weighted by Crippen LogP contribution is -2.29. The fourth-order valence-corrected chi connectivity index (χ4v) is 2.77. The molecule has 1 aliphatic heterocycles. The quantitative estimate of drug-likeness (QED) is 0.844. The first-order chi connectivity index (χ1) is 8.89. The summed E-state index contributed by atoms with van der Waals surface area (Å²) in [4.78, 5) is 7.45. The van der Waals surface area contributed by atoms with E-state index in [0.717, 1.165) is 30.2 Å². The molecule has 0 aromatic carbocycles. The van der Waals surface area contributed by atoms with E-state index in [1.807, 2.05) is 19.1 Å². The third-order valence-corrected chi connectivity index (χ3v) is 4.14. The first kappa shape index (κ1) is 14.3. The Balaban J connectivity index is 2.30. The summed E-state index contributed by atoms with van der Waals surface area (Å²) in [5, 5.41) is 0. The zero-order chi connectivity index (χ0) is 14.0. The van der Waals surface area contributed by atoms with E-state index in [4.69, 9.17) is 18.0 Å². The Bertz CT molecular complexity index is 482. The molecule has 4 heteroatoms. The molecule has 0 saturated carbocycles. The number of hydrogen-bond donors (Lipinski definition) is 1. The largest absolute Gasteiger partial charge is 0.389 e. The summed E-state index contributed by atoms with van der Waals surface area (Å²) < 4.78 is 0. The zero-order valence-corrected chi connectivity index (χ0v) is 12.9. The summed E-state index contributed by atoms with van der Waals surface area (Å²) >= 11 is 5.15. The van der Waals surface area contributed by atoms with E-state index < -0.39 is 0 Å². The monoisotopic (exact) mass is 277 g/mol. The molecule has 1 aromatic heterocycles. The predicted molar refractivity (Wildman–Crippen MR) is 84.7 cm³/mol. The number of aryl methyl sites for hydroxylation is 1. The predicted octanol–water partition coefficient (Wildman–Crippen LogP) is 3.04. The Hall–Kier alpha value is -1.16. The Labute approximate surface area is 121 Å². The number of aromatic nitrogens is 1. The van der Waals surface area contributed by atoms with Crippen LogP contribution < -0.4 is 10.6 Å². The van der Waals surface area contributed by atoms with E-state index >= 15 is 0 Å². The number of hydrogen-bond acceptors (Lipinski definition) is 3. The average molecular weight is 277 g/mol. The van der Waals surface area contributed by atoms with Crippen LogP contribution in [0.25, 0.3) is 0 Å². The van der Waals surface area contributed by atoms with Crippen molar-refractivity contribution in [1.82, 2.24) is 4.98 Å². The van der Waals surface area contributed by atoms with Crippen molar-refractivity contribution in [3.63, 3.8) is 0 Å². The van der Waals surface area contributed by atoms with Crippen molar-refractivity contribution in [1.29, 1.82) is 0 Å². The third-order valence-electron chi connectivity index (χ3n) is 3.92. The Morgan fingerprint density at radius 3 is 2.74 bits per heavy atom. The normalized spacial score (nSPS) is 19.0. The van der Waals surface area contributed by atoms with Crippen LogP contribution in [0.3, 0.4) is 0 Å². The molecule has 104 valence electrons. The van der Waals surface area contributed by atoms with E-state index in [0.29, 0.717) is 10.4 Å². The molecule has 19 heavy (non-hydrogen) atoms. The highest BCUT2D eigenvalue weighted by Crippen LogP contribution is 2.32. The minimum absolute atomic E-state index is 0.419. The number of pyridine rings is 1. The number of thiocarbonyl (C=S) groups is 1. The number of nitrogens with zero attached hydrogens (tertiary/aromatic N) is 2. The van der Waals surface area contributed by atoms with Crippen LogP contribution in [-0.4, -0.2) is 23.1 Å². The van der Waals surface area contributed by atoms with Crippen molar-refractivity contribution >= 4 is 23.0 Å². The molecule has 0 radical (unpaired) electrons. The summed E-state index contributed by atoms with van der Waals surface area (Å²) in [5.41, 5.74) is 8.16. The molecule has 1 aliphatic rings. The number of rotatable bonds is 2. The van der Waals surface area contributed by atoms with E-state index in [1.54, 1.807) is 0 Å². The van der Waals surface area contributed by atoms with Crippen LogP contribution in [0.4, 0.5) is 5.82 Å². The standard InChI is InChI=1S/C15H23N3S/c1-11-5-6-12(13(16)19)14(17-11)18-9-4-7-15(2,3)8-10-18/h5-6H,4,7-10H2,1-3H3,(H2,16,19). The molecule has 1 fully saturated rings. The van der Waals surface area contributed by atoms with Gasteiger partial charge in [-0.3, -0.25) is 0 Å². The van der Waals surface area contributed by atoms with Crippen molar-refractivity contribution in [3.05, 3.63) is 23.4 Å². The highest BCUT2D eigenvalue weighted by Gasteiger charge is 2.25. The second kappa shape index (κ2) is 5.45. The van der Waals surface area contributed by atoms with Crippen LogP contribution in [0.1, 0.15) is 44.4 Å². The lowest BCUT2D eigenvalue weighted by molar-refractivity contribution is 0.325. The van der Waals surface area contributed by atoms with E-state index in [1.165, 1.54) is 19.3 Å². The van der Waals surface area contributed by atoms with Crippen LogP contribution in [-0.2, 0) is 0 Å². The van der Waals surface area contributed by atoms with Gasteiger partial charge in [0, 0.05) is 18.8 Å². The van der Waals surface area contributed by atoms with Crippen LogP contribution in [0, 0.1) is 12.3 Å². The van der Waals surface area contributed by atoms with Gasteiger partial charge in [0.15, 0.2) is 0 Å². The third kappa shape index (κ3) is 3.44. The fraction of sp³-hybridized carbons (Fsp3) is 0.600. The lowest BCUT2D eigenvalue weighted by Gasteiger charge is -2.25. The van der Waals surface area contributed by atoms with Gasteiger partial charge in [0.2, 0.25) is 0 Å². The van der Waals surface area contributed by atoms with Gasteiger partial charge in [0.05, 0.1) is 5.56 Å². The summed E-state index contributed by atoms with van der Waals surface area (Å²) in [6.07, 6.45) is 3.64. The zero-order valence-electron chi connectivity index (χ0n) is 12.1. The van der Waals surface area contributed by atoms with Gasteiger partial charge in [-0.25, -0.2) is 4.98 Å². The van der Waals surface area contributed by atoms with Crippen LogP contribution >= 0.6 is 12.2 Å². The van der Waals surface area contributed by atoms with Gasteiger partial charge in [-0.2, -0.15) is 0 Å². The highest BCUT2D eigenvalue weighted by molar-refractivity contribution is 7.80. The molecular weight excluding hydrogens is 254 g/mol. The summed E-state index contributed by atoms with van der Waals surface area (Å²) in [5.74, 6) is 0.963. The molecule has 0 unspecified atom stereocenters. The van der Waals surface area contributed by atoms with Gasteiger partial charge >= 0.3 is 0 Å². The van der Waals surface area contributed by atoms with Crippen molar-refractivity contribution < 1.29 is 0 Å². The molecule has 0 spiro atoms. The van der Waals surface area contributed by atoms with Crippen molar-refractivity contribution in [2.24, 2.45) is 11.1 Å². The van der Waals surface area contributed by atoms with Crippen LogP contribution in [0.15, 0.2) is 12.1 Å². The molecule has 0 bridgehead atoms. The Morgan fingerprint density at radius 2 is 2.05 bits per heavy atom. The van der Waals surface area contributed by atoms with Crippen LogP contribution in [0.2, 0.25) is 0 Å². The molecule has 2 rings (SSSR count). The minimum atomic E-state index is 0.419. The van der Waals surface area contributed by atoms with Gasteiger partial charge in [0.25, 0.3) is 0 Å². The first-order valence-electron chi connectivity index (χ1n) is 6.91. The maximum Gasteiger partial charge on any atom is 0.139 e. The average Bonchev–Trinajstić information content (AvgIpc) is 2.49.